The molecule has 1 atom stereocenters. The van der Waals surface area contributed by atoms with Crippen molar-refractivity contribution in [3.05, 3.63) is 50.8 Å². The molecular weight excluding hydrogens is 382 g/mol. The number of nitrogens with zero attached hydrogens (tertiary/aromatic N) is 2. The lowest BCUT2D eigenvalue weighted by Crippen LogP contribution is -2.41. The van der Waals surface area contributed by atoms with Crippen molar-refractivity contribution in [3.8, 4) is 0 Å². The zero-order valence-corrected chi connectivity index (χ0v) is 15.8. The van der Waals surface area contributed by atoms with Crippen LogP contribution >= 0.6 is 11.6 Å². The monoisotopic (exact) mass is 401 g/mol. The van der Waals surface area contributed by atoms with Crippen LogP contribution in [0.4, 0.5) is 11.8 Å². The highest BCUT2D eigenvalue weighted by Gasteiger charge is 2.33. The normalized spacial score (nSPS) is 19.8. The predicted molar refractivity (Wildman–Crippen MR) is 106 cm³/mol. The Kier molecular flexibility index (Phi) is 4.80. The van der Waals surface area contributed by atoms with Crippen LogP contribution in [0.5, 0.6) is 0 Å². The highest BCUT2D eigenvalue weighted by atomic mass is 35.5. The molecule has 146 valence electrons. The van der Waals surface area contributed by atoms with Crippen molar-refractivity contribution in [2.24, 2.45) is 11.7 Å². The van der Waals surface area contributed by atoms with Crippen molar-refractivity contribution >= 4 is 35.2 Å². The number of nitrogens with two attached hydrogens (primary N) is 1. The van der Waals surface area contributed by atoms with E-state index in [1.54, 1.807) is 12.1 Å². The van der Waals surface area contributed by atoms with E-state index in [9.17, 15) is 14.4 Å². The van der Waals surface area contributed by atoms with Gasteiger partial charge in [0.25, 0.3) is 5.56 Å². The SMILES string of the molecule is NC(=O)C1CCN(c2nc3c(c(=O)[nH]2)[C@@H](c2ccccc2Cl)CC(=O)N3)CC1. The summed E-state index contributed by atoms with van der Waals surface area (Å²) < 4.78 is 0. The van der Waals surface area contributed by atoms with E-state index >= 15 is 0 Å². The predicted octanol–water partition coefficient (Wildman–Crippen LogP) is 1.60. The number of anilines is 2. The van der Waals surface area contributed by atoms with Crippen LogP contribution in [-0.2, 0) is 9.59 Å². The van der Waals surface area contributed by atoms with E-state index in [1.165, 1.54) is 0 Å². The Morgan fingerprint density at radius 2 is 1.93 bits per heavy atom. The van der Waals surface area contributed by atoms with Crippen molar-refractivity contribution in [3.63, 3.8) is 0 Å². The van der Waals surface area contributed by atoms with Crippen LogP contribution in [0.3, 0.4) is 0 Å². The quantitative estimate of drug-likeness (QED) is 0.721. The van der Waals surface area contributed by atoms with Crippen molar-refractivity contribution in [1.29, 1.82) is 0 Å². The fraction of sp³-hybridized carbons (Fsp3) is 0.368. The van der Waals surface area contributed by atoms with E-state index in [2.05, 4.69) is 15.3 Å². The van der Waals surface area contributed by atoms with Gasteiger partial charge in [0.1, 0.15) is 5.82 Å². The number of benzene rings is 1. The summed E-state index contributed by atoms with van der Waals surface area (Å²) in [6.45, 7) is 1.11. The van der Waals surface area contributed by atoms with Gasteiger partial charge in [0.2, 0.25) is 17.8 Å². The molecule has 9 heteroatoms. The van der Waals surface area contributed by atoms with Crippen LogP contribution in [0.2, 0.25) is 5.02 Å². The van der Waals surface area contributed by atoms with Gasteiger partial charge >= 0.3 is 0 Å². The second kappa shape index (κ2) is 7.27. The van der Waals surface area contributed by atoms with Gasteiger partial charge in [0, 0.05) is 36.4 Å². The number of hydrogen-bond acceptors (Lipinski definition) is 5. The lowest BCUT2D eigenvalue weighted by Gasteiger charge is -2.32. The summed E-state index contributed by atoms with van der Waals surface area (Å²) >= 11 is 6.31. The minimum Gasteiger partial charge on any atom is -0.369 e. The first kappa shape index (κ1) is 18.5. The van der Waals surface area contributed by atoms with E-state index in [0.29, 0.717) is 42.5 Å². The average molecular weight is 402 g/mol. The summed E-state index contributed by atoms with van der Waals surface area (Å²) in [4.78, 5) is 45.8. The number of piperidine rings is 1. The number of H-pyrrole nitrogens is 1. The first-order valence-corrected chi connectivity index (χ1v) is 9.54. The second-order valence-electron chi connectivity index (χ2n) is 7.14. The summed E-state index contributed by atoms with van der Waals surface area (Å²) in [7, 11) is 0. The van der Waals surface area contributed by atoms with Crippen molar-refractivity contribution < 1.29 is 9.59 Å². The highest BCUT2D eigenvalue weighted by molar-refractivity contribution is 6.31. The topological polar surface area (TPSA) is 121 Å². The van der Waals surface area contributed by atoms with Gasteiger partial charge in [-0.1, -0.05) is 29.8 Å². The minimum atomic E-state index is -0.455. The van der Waals surface area contributed by atoms with Gasteiger partial charge in [-0.25, -0.2) is 0 Å². The molecule has 0 bridgehead atoms. The molecule has 2 aliphatic rings. The number of fused-ring (bicyclic) bond motifs is 1. The maximum atomic E-state index is 12.9. The summed E-state index contributed by atoms with van der Waals surface area (Å²) in [5, 5.41) is 3.22. The summed E-state index contributed by atoms with van der Waals surface area (Å²) in [6.07, 6.45) is 1.33. The van der Waals surface area contributed by atoms with E-state index in [0.717, 1.165) is 5.56 Å². The Hall–Kier alpha value is -2.87. The van der Waals surface area contributed by atoms with Gasteiger partial charge < -0.3 is 16.0 Å². The number of carbonyl (C=O) groups excluding carboxylic acids is 2. The van der Waals surface area contributed by atoms with Gasteiger partial charge in [0.15, 0.2) is 0 Å². The lowest BCUT2D eigenvalue weighted by molar-refractivity contribution is -0.122. The van der Waals surface area contributed by atoms with Crippen LogP contribution in [-0.4, -0.2) is 34.9 Å². The van der Waals surface area contributed by atoms with Gasteiger partial charge in [0.05, 0.1) is 5.56 Å². The molecule has 4 N–H and O–H groups in total. The zero-order valence-electron chi connectivity index (χ0n) is 15.1. The Balaban J connectivity index is 1.69. The molecule has 1 aromatic carbocycles. The van der Waals surface area contributed by atoms with Gasteiger partial charge in [-0.3, -0.25) is 19.4 Å². The Morgan fingerprint density at radius 3 is 2.61 bits per heavy atom. The molecular formula is C19H20ClN5O3. The molecule has 8 nitrogen and oxygen atoms in total. The highest BCUT2D eigenvalue weighted by Crippen LogP contribution is 2.37. The number of carbonyl (C=O) groups is 2. The molecule has 28 heavy (non-hydrogen) atoms. The summed E-state index contributed by atoms with van der Waals surface area (Å²) in [5.74, 6) is -0.493. The number of primary amides is 1. The maximum Gasteiger partial charge on any atom is 0.258 e. The Labute approximate surface area is 166 Å². The molecule has 3 heterocycles. The standard InChI is InChI=1S/C19H20ClN5O3/c20-13-4-2-1-3-11(13)12-9-14(26)22-17-15(12)18(28)24-19(23-17)25-7-5-10(6-8-25)16(21)27/h1-4,10,12H,5-9H2,(H2,21,27)(H2,22,23,24,26,28)/t12-/m1/s1. The molecule has 1 saturated heterocycles. The fourth-order valence-electron chi connectivity index (χ4n) is 3.91. The zero-order chi connectivity index (χ0) is 19.8. The molecule has 0 saturated carbocycles. The fourth-order valence-corrected chi connectivity index (χ4v) is 4.18. The second-order valence-corrected chi connectivity index (χ2v) is 7.55. The van der Waals surface area contributed by atoms with Crippen LogP contribution < -0.4 is 21.5 Å². The maximum absolute atomic E-state index is 12.9. The third kappa shape index (κ3) is 3.35. The molecule has 1 fully saturated rings. The Bertz CT molecular complexity index is 997. The van der Waals surface area contributed by atoms with Crippen LogP contribution in [0.1, 0.15) is 36.3 Å². The molecule has 0 spiro atoms. The third-order valence-electron chi connectivity index (χ3n) is 5.42. The molecule has 0 radical (unpaired) electrons. The molecule has 2 amide bonds. The molecule has 2 aliphatic heterocycles. The summed E-state index contributed by atoms with van der Waals surface area (Å²) in [6, 6.07) is 7.18. The van der Waals surface area contributed by atoms with E-state index in [-0.39, 0.29) is 35.5 Å². The largest absolute Gasteiger partial charge is 0.369 e. The summed E-state index contributed by atoms with van der Waals surface area (Å²) in [5.41, 5.74) is 6.20. The first-order valence-electron chi connectivity index (χ1n) is 9.16. The molecule has 1 aromatic heterocycles. The average Bonchev–Trinajstić information content (AvgIpc) is 2.67. The van der Waals surface area contributed by atoms with Crippen LogP contribution in [0.15, 0.2) is 29.1 Å². The smallest absolute Gasteiger partial charge is 0.258 e. The molecule has 2 aromatic rings. The Morgan fingerprint density at radius 1 is 1.21 bits per heavy atom. The molecule has 0 unspecified atom stereocenters. The van der Waals surface area contributed by atoms with E-state index < -0.39 is 5.92 Å². The molecule has 0 aliphatic carbocycles. The van der Waals surface area contributed by atoms with Crippen LogP contribution in [0, 0.1) is 5.92 Å². The van der Waals surface area contributed by atoms with Gasteiger partial charge in [-0.15, -0.1) is 0 Å². The first-order chi connectivity index (χ1) is 13.4. The number of aromatic nitrogens is 2. The number of aromatic amines is 1. The number of halogens is 1. The van der Waals surface area contributed by atoms with E-state index in [1.807, 2.05) is 17.0 Å². The third-order valence-corrected chi connectivity index (χ3v) is 5.76. The molecule has 4 rings (SSSR count). The van der Waals surface area contributed by atoms with Crippen LogP contribution in [0.25, 0.3) is 0 Å². The van der Waals surface area contributed by atoms with E-state index in [4.69, 9.17) is 17.3 Å². The van der Waals surface area contributed by atoms with Crippen molar-refractivity contribution in [1.82, 2.24) is 9.97 Å². The minimum absolute atomic E-state index is 0.130. The number of hydrogen-bond donors (Lipinski definition) is 3. The van der Waals surface area contributed by atoms with Gasteiger partial charge in [-0.05, 0) is 24.5 Å². The lowest BCUT2D eigenvalue weighted by atomic mass is 9.87. The van der Waals surface area contributed by atoms with Gasteiger partial charge in [-0.2, -0.15) is 4.98 Å². The number of rotatable bonds is 3. The number of nitrogens with one attached hydrogen (secondary N) is 2. The number of amides is 2. The van der Waals surface area contributed by atoms with Crippen molar-refractivity contribution in [2.45, 2.75) is 25.2 Å². The van der Waals surface area contributed by atoms with Crippen molar-refractivity contribution in [2.75, 3.05) is 23.3 Å².